The van der Waals surface area contributed by atoms with Crippen LogP contribution >= 0.6 is 11.3 Å². The maximum Gasteiger partial charge on any atom is 0.254 e. The number of para-hydroxylation sites is 1. The van der Waals surface area contributed by atoms with E-state index < -0.39 is 11.8 Å². The fourth-order valence-electron chi connectivity index (χ4n) is 6.69. The fraction of sp³-hybridized carbons (Fsp3) is 0.125. The molecule has 5 aromatic rings. The fourth-order valence-corrected chi connectivity index (χ4v) is 7.43. The highest BCUT2D eigenvalue weighted by molar-refractivity contribution is 7.13. The number of rotatable bonds is 4. The number of carbonyl (C=O) groups excluding carboxylic acids is 2. The lowest BCUT2D eigenvalue weighted by molar-refractivity contribution is -0.139. The van der Waals surface area contributed by atoms with E-state index in [-0.39, 0.29) is 23.7 Å². The standard InChI is InChI=1S/C32H22N4O2S/c37-31-28-26-21-11-4-5-12-22(21)27(24-14-7-6-13-23(24)26)29(28)32(38)36(31)33-17-19-18-35(20-9-2-1-3-10-20)34-30(19)25-15-8-16-39-25/h1-18,26-29H/b33-17-/t26?,27?,28-,29-/m1/s1. The molecule has 3 heterocycles. The number of carbonyl (C=O) groups is 2. The predicted octanol–water partition coefficient (Wildman–Crippen LogP) is 5.83. The lowest BCUT2D eigenvalue weighted by atomic mass is 9.55. The van der Waals surface area contributed by atoms with Gasteiger partial charge in [0.15, 0.2) is 0 Å². The summed E-state index contributed by atoms with van der Waals surface area (Å²) in [6.45, 7) is 0. The van der Waals surface area contributed by atoms with Crippen molar-refractivity contribution in [3.63, 3.8) is 0 Å². The Morgan fingerprint density at radius 3 is 1.82 bits per heavy atom. The molecule has 9 rings (SSSR count). The van der Waals surface area contributed by atoms with E-state index in [9.17, 15) is 9.59 Å². The Bertz CT molecular complexity index is 1670. The minimum absolute atomic E-state index is 0.147. The molecular formula is C32H22N4O2S. The van der Waals surface area contributed by atoms with Gasteiger partial charge in [0.25, 0.3) is 11.8 Å². The number of nitrogens with zero attached hydrogens (tertiary/aromatic N) is 4. The summed E-state index contributed by atoms with van der Waals surface area (Å²) >= 11 is 1.58. The number of amides is 2. The first-order chi connectivity index (χ1) is 19.2. The van der Waals surface area contributed by atoms with E-state index >= 15 is 0 Å². The maximum atomic E-state index is 13.9. The van der Waals surface area contributed by atoms with Crippen molar-refractivity contribution in [1.29, 1.82) is 0 Å². The maximum absolute atomic E-state index is 13.9. The van der Waals surface area contributed by atoms with E-state index in [1.54, 1.807) is 22.2 Å². The van der Waals surface area contributed by atoms with Crippen molar-refractivity contribution in [2.45, 2.75) is 11.8 Å². The third-order valence-electron chi connectivity index (χ3n) is 8.26. The molecule has 1 fully saturated rings. The van der Waals surface area contributed by atoms with Crippen LogP contribution in [0.15, 0.2) is 108 Å². The van der Waals surface area contributed by atoms with Gasteiger partial charge in [-0.1, -0.05) is 72.8 Å². The van der Waals surface area contributed by atoms with Crippen molar-refractivity contribution in [2.75, 3.05) is 0 Å². The van der Waals surface area contributed by atoms with Crippen molar-refractivity contribution in [3.05, 3.63) is 130 Å². The first-order valence-corrected chi connectivity index (χ1v) is 13.9. The minimum atomic E-state index is -0.451. The largest absolute Gasteiger partial charge is 0.272 e. The van der Waals surface area contributed by atoms with E-state index in [1.165, 1.54) is 0 Å². The molecule has 4 aliphatic rings. The Balaban J connectivity index is 1.20. The molecule has 2 aromatic heterocycles. The number of aromatic nitrogens is 2. The number of benzene rings is 3. The molecule has 1 saturated heterocycles. The van der Waals surface area contributed by atoms with Gasteiger partial charge in [0.2, 0.25) is 0 Å². The minimum Gasteiger partial charge on any atom is -0.272 e. The highest BCUT2D eigenvalue weighted by Crippen LogP contribution is 2.60. The van der Waals surface area contributed by atoms with E-state index in [0.29, 0.717) is 0 Å². The van der Waals surface area contributed by atoms with Crippen molar-refractivity contribution >= 4 is 29.4 Å². The molecule has 2 atom stereocenters. The smallest absolute Gasteiger partial charge is 0.254 e. The molecule has 1 aliphatic heterocycles. The Labute approximate surface area is 228 Å². The second kappa shape index (κ2) is 8.44. The SMILES string of the molecule is O=C1[C@@H]2C3c4ccccc4C(c4ccccc43)[C@H]2C(=O)N1/N=C\c1cn(-c2ccccc2)nc1-c1cccs1. The first-order valence-electron chi connectivity index (χ1n) is 13.0. The quantitative estimate of drug-likeness (QED) is 0.219. The molecule has 0 spiro atoms. The van der Waals surface area contributed by atoms with Crippen LogP contribution in [0.4, 0.5) is 0 Å². The molecular weight excluding hydrogens is 504 g/mol. The van der Waals surface area contributed by atoms with Gasteiger partial charge >= 0.3 is 0 Å². The van der Waals surface area contributed by atoms with Crippen molar-refractivity contribution < 1.29 is 9.59 Å². The second-order valence-corrected chi connectivity index (χ2v) is 11.1. The van der Waals surface area contributed by atoms with Crippen molar-refractivity contribution in [1.82, 2.24) is 14.8 Å². The van der Waals surface area contributed by atoms with Crippen molar-refractivity contribution in [2.24, 2.45) is 16.9 Å². The van der Waals surface area contributed by atoms with Crippen LogP contribution in [-0.2, 0) is 9.59 Å². The Kier molecular flexibility index (Phi) is 4.84. The van der Waals surface area contributed by atoms with Gasteiger partial charge in [0, 0.05) is 23.6 Å². The van der Waals surface area contributed by atoms with Crippen molar-refractivity contribution in [3.8, 4) is 16.3 Å². The van der Waals surface area contributed by atoms with Gasteiger partial charge in [0.1, 0.15) is 5.69 Å². The van der Waals surface area contributed by atoms with E-state index in [4.69, 9.17) is 5.10 Å². The molecule has 0 saturated carbocycles. The molecule has 2 amide bonds. The van der Waals surface area contributed by atoms with Crippen LogP contribution in [-0.4, -0.2) is 32.8 Å². The summed E-state index contributed by atoms with van der Waals surface area (Å²) in [4.78, 5) is 28.8. The summed E-state index contributed by atoms with van der Waals surface area (Å²) in [5.74, 6) is -1.65. The molecule has 2 bridgehead atoms. The number of hydrogen-bond acceptors (Lipinski definition) is 5. The van der Waals surface area contributed by atoms with Crippen LogP contribution in [0.2, 0.25) is 0 Å². The third-order valence-corrected chi connectivity index (χ3v) is 9.13. The van der Waals surface area contributed by atoms with E-state index in [2.05, 4.69) is 29.4 Å². The summed E-state index contributed by atoms with van der Waals surface area (Å²) in [5, 5.41) is 12.5. The zero-order chi connectivity index (χ0) is 26.1. The average molecular weight is 527 g/mol. The van der Waals surface area contributed by atoms with Gasteiger partial charge in [-0.25, -0.2) is 4.68 Å². The first kappa shape index (κ1) is 22.4. The zero-order valence-corrected chi connectivity index (χ0v) is 21.5. The zero-order valence-electron chi connectivity index (χ0n) is 20.7. The Morgan fingerprint density at radius 1 is 0.718 bits per heavy atom. The van der Waals surface area contributed by atoms with Gasteiger partial charge < -0.3 is 0 Å². The predicted molar refractivity (Wildman–Crippen MR) is 150 cm³/mol. The summed E-state index contributed by atoms with van der Waals surface area (Å²) in [6.07, 6.45) is 3.50. The summed E-state index contributed by atoms with van der Waals surface area (Å²) < 4.78 is 1.80. The van der Waals surface area contributed by atoms with Crippen LogP contribution < -0.4 is 0 Å². The Morgan fingerprint density at radius 2 is 1.28 bits per heavy atom. The number of hydrogen-bond donors (Lipinski definition) is 0. The third kappa shape index (κ3) is 3.20. The van der Waals surface area contributed by atoms with E-state index in [1.807, 2.05) is 78.3 Å². The van der Waals surface area contributed by atoms with Crippen LogP contribution in [0.25, 0.3) is 16.3 Å². The molecule has 0 radical (unpaired) electrons. The van der Waals surface area contributed by atoms with Crippen LogP contribution in [0.1, 0.15) is 39.7 Å². The van der Waals surface area contributed by atoms with Crippen LogP contribution in [0.5, 0.6) is 0 Å². The topological polar surface area (TPSA) is 67.6 Å². The molecule has 0 unspecified atom stereocenters. The highest BCUT2D eigenvalue weighted by atomic mass is 32.1. The molecule has 3 aliphatic carbocycles. The van der Waals surface area contributed by atoms with Crippen LogP contribution in [0, 0.1) is 11.8 Å². The molecule has 6 nitrogen and oxygen atoms in total. The molecule has 0 N–H and O–H groups in total. The lowest BCUT2D eigenvalue weighted by Gasteiger charge is -2.45. The molecule has 3 aromatic carbocycles. The number of thiophene rings is 1. The van der Waals surface area contributed by atoms with E-state index in [0.717, 1.165) is 49.1 Å². The molecule has 188 valence electrons. The van der Waals surface area contributed by atoms with Crippen LogP contribution in [0.3, 0.4) is 0 Å². The molecule has 39 heavy (non-hydrogen) atoms. The average Bonchev–Trinajstić information content (AvgIpc) is 3.72. The number of imide groups is 1. The van der Waals surface area contributed by atoms with Gasteiger partial charge in [-0.15, -0.1) is 11.3 Å². The second-order valence-electron chi connectivity index (χ2n) is 10.2. The normalized spacial score (nSPS) is 22.8. The Hall–Kier alpha value is -4.62. The summed E-state index contributed by atoms with van der Waals surface area (Å²) in [5.41, 5.74) is 7.02. The number of hydrazone groups is 1. The summed E-state index contributed by atoms with van der Waals surface area (Å²) in [7, 11) is 0. The van der Waals surface area contributed by atoms with Gasteiger partial charge in [-0.3, -0.25) is 9.59 Å². The van der Waals surface area contributed by atoms with Gasteiger partial charge in [0.05, 0.1) is 28.6 Å². The highest BCUT2D eigenvalue weighted by Gasteiger charge is 2.61. The lowest BCUT2D eigenvalue weighted by Crippen LogP contribution is -2.41. The summed E-state index contributed by atoms with van der Waals surface area (Å²) in [6, 6.07) is 30.3. The molecule has 7 heteroatoms. The van der Waals surface area contributed by atoms with Gasteiger partial charge in [-0.05, 0) is 45.8 Å². The van der Waals surface area contributed by atoms with Gasteiger partial charge in [-0.2, -0.15) is 15.2 Å². The monoisotopic (exact) mass is 526 g/mol.